The monoisotopic (exact) mass is 197 g/mol. The molecule has 2 aliphatic rings. The van der Waals surface area contributed by atoms with Crippen molar-refractivity contribution in [1.82, 2.24) is 5.32 Å². The highest BCUT2D eigenvalue weighted by Crippen LogP contribution is 2.14. The summed E-state index contributed by atoms with van der Waals surface area (Å²) in [6.07, 6.45) is 10.1. The Morgan fingerprint density at radius 3 is 3.07 bits per heavy atom. The Morgan fingerprint density at radius 1 is 1.20 bits per heavy atom. The van der Waals surface area contributed by atoms with Crippen LogP contribution in [0, 0.1) is 0 Å². The molecule has 2 heteroatoms. The summed E-state index contributed by atoms with van der Waals surface area (Å²) in [7, 11) is 0. The maximum atomic E-state index is 9.87. The molecular weight excluding hydrogens is 186 g/mol. The summed E-state index contributed by atoms with van der Waals surface area (Å²) in [5, 5.41) is 15.2. The van der Waals surface area contributed by atoms with Gasteiger partial charge in [0.15, 0.2) is 0 Å². The van der Waals surface area contributed by atoms with Crippen molar-refractivity contribution in [2.45, 2.75) is 6.04 Å². The predicted molar refractivity (Wildman–Crippen MR) is 60.4 cm³/mol. The number of hydrogen-bond donors (Lipinski definition) is 2. The number of allylic oxidation sites excluding steroid dienone is 2. The molecule has 0 aromatic heterocycles. The molecule has 1 aliphatic heterocycles. The van der Waals surface area contributed by atoms with Gasteiger partial charge in [0.2, 0.25) is 0 Å². The second kappa shape index (κ2) is 3.02. The Labute approximate surface area is 87.6 Å². The number of nitrogens with one attached hydrogen (secondary N) is 1. The molecule has 2 N–H and O–H groups in total. The zero-order chi connectivity index (χ0) is 10.3. The van der Waals surface area contributed by atoms with Gasteiger partial charge >= 0.3 is 0 Å². The maximum absolute atomic E-state index is 9.87. The van der Waals surface area contributed by atoms with Crippen molar-refractivity contribution in [3.05, 3.63) is 52.9 Å². The minimum Gasteiger partial charge on any atom is -0.507 e. The van der Waals surface area contributed by atoms with Crippen LogP contribution in [-0.2, 0) is 0 Å². The van der Waals surface area contributed by atoms with Crippen LogP contribution >= 0.6 is 0 Å². The molecular formula is C13H11NO. The summed E-state index contributed by atoms with van der Waals surface area (Å²) in [6.45, 7) is 0. The first kappa shape index (κ1) is 8.36. The number of phenolic OH excluding ortho intramolecular Hbond substituents is 1. The third-order valence-corrected chi connectivity index (χ3v) is 2.81. The van der Waals surface area contributed by atoms with Crippen LogP contribution in [-0.4, -0.2) is 11.1 Å². The summed E-state index contributed by atoms with van der Waals surface area (Å²) < 4.78 is 0. The van der Waals surface area contributed by atoms with E-state index in [1.54, 1.807) is 6.07 Å². The van der Waals surface area contributed by atoms with Gasteiger partial charge in [-0.2, -0.15) is 0 Å². The van der Waals surface area contributed by atoms with Crippen LogP contribution in [0.3, 0.4) is 0 Å². The molecule has 0 bridgehead atoms. The first-order valence-electron chi connectivity index (χ1n) is 4.99. The van der Waals surface area contributed by atoms with Crippen LogP contribution in [0.2, 0.25) is 0 Å². The summed E-state index contributed by atoms with van der Waals surface area (Å²) in [5.74, 6) is 0.352. The van der Waals surface area contributed by atoms with Crippen LogP contribution in [0.1, 0.15) is 0 Å². The van der Waals surface area contributed by atoms with Crippen molar-refractivity contribution in [3.63, 3.8) is 0 Å². The molecule has 74 valence electrons. The molecule has 1 aromatic rings. The Kier molecular flexibility index (Phi) is 1.68. The van der Waals surface area contributed by atoms with Gasteiger partial charge in [-0.05, 0) is 11.6 Å². The minimum atomic E-state index is 0.191. The molecule has 1 atom stereocenters. The molecule has 2 nitrogen and oxygen atoms in total. The molecule has 0 amide bonds. The van der Waals surface area contributed by atoms with Gasteiger partial charge in [-0.25, -0.2) is 0 Å². The number of phenols is 1. The quantitative estimate of drug-likeness (QED) is 0.630. The van der Waals surface area contributed by atoms with E-state index in [0.717, 1.165) is 16.0 Å². The predicted octanol–water partition coefficient (Wildman–Crippen LogP) is 0.379. The van der Waals surface area contributed by atoms with Crippen molar-refractivity contribution >= 4 is 11.8 Å². The first-order valence-corrected chi connectivity index (χ1v) is 4.99. The van der Waals surface area contributed by atoms with Crippen LogP contribution in [0.4, 0.5) is 0 Å². The molecule has 1 unspecified atom stereocenters. The lowest BCUT2D eigenvalue weighted by Crippen LogP contribution is -2.41. The van der Waals surface area contributed by atoms with Crippen LogP contribution < -0.4 is 15.8 Å². The molecule has 0 fully saturated rings. The highest BCUT2D eigenvalue weighted by Gasteiger charge is 2.15. The number of rotatable bonds is 0. The van der Waals surface area contributed by atoms with Gasteiger partial charge in [0, 0.05) is 16.6 Å². The molecule has 1 heterocycles. The van der Waals surface area contributed by atoms with E-state index >= 15 is 0 Å². The lowest BCUT2D eigenvalue weighted by molar-refractivity contribution is 0.469. The lowest BCUT2D eigenvalue weighted by Gasteiger charge is -2.21. The zero-order valence-electron chi connectivity index (χ0n) is 8.14. The maximum Gasteiger partial charge on any atom is 0.123 e. The van der Waals surface area contributed by atoms with E-state index in [2.05, 4.69) is 11.4 Å². The molecule has 0 radical (unpaired) electrons. The van der Waals surface area contributed by atoms with Gasteiger partial charge in [-0.1, -0.05) is 36.4 Å². The van der Waals surface area contributed by atoms with Crippen molar-refractivity contribution in [2.24, 2.45) is 0 Å². The summed E-state index contributed by atoms with van der Waals surface area (Å²) in [5.41, 5.74) is 1.13. The van der Waals surface area contributed by atoms with E-state index in [4.69, 9.17) is 0 Å². The Morgan fingerprint density at radius 2 is 2.13 bits per heavy atom. The van der Waals surface area contributed by atoms with E-state index in [1.807, 2.05) is 36.6 Å². The largest absolute Gasteiger partial charge is 0.507 e. The summed E-state index contributed by atoms with van der Waals surface area (Å²) in [6, 6.07) is 5.78. The SMILES string of the molecule is Oc1cccc2c1=C1C=CC=CC1NC=2. The third-order valence-electron chi connectivity index (χ3n) is 2.81. The molecule has 3 rings (SSSR count). The molecule has 0 saturated heterocycles. The van der Waals surface area contributed by atoms with Crippen molar-refractivity contribution in [1.29, 1.82) is 0 Å². The molecule has 1 aliphatic carbocycles. The molecule has 1 aromatic carbocycles. The topological polar surface area (TPSA) is 32.3 Å². The fourth-order valence-corrected chi connectivity index (χ4v) is 2.10. The van der Waals surface area contributed by atoms with Crippen molar-refractivity contribution < 1.29 is 5.11 Å². The van der Waals surface area contributed by atoms with Crippen molar-refractivity contribution in [2.75, 3.05) is 0 Å². The molecule has 0 saturated carbocycles. The third kappa shape index (κ3) is 1.18. The lowest BCUT2D eigenvalue weighted by atomic mass is 9.96. The van der Waals surface area contributed by atoms with Crippen LogP contribution in [0.15, 0.2) is 42.5 Å². The van der Waals surface area contributed by atoms with E-state index in [9.17, 15) is 5.11 Å². The summed E-state index contributed by atoms with van der Waals surface area (Å²) >= 11 is 0. The Balaban J connectivity index is 2.45. The number of hydrogen-bond acceptors (Lipinski definition) is 2. The van der Waals surface area contributed by atoms with Crippen molar-refractivity contribution in [3.8, 4) is 5.75 Å². The van der Waals surface area contributed by atoms with E-state index in [0.29, 0.717) is 5.75 Å². The van der Waals surface area contributed by atoms with Crippen LogP contribution in [0.25, 0.3) is 11.8 Å². The first-order chi connectivity index (χ1) is 7.36. The fraction of sp³-hybridized carbons (Fsp3) is 0.0769. The average molecular weight is 197 g/mol. The standard InChI is InChI=1S/C13H11NO/c15-12-7-3-4-9-8-14-11-6-2-1-5-10(11)13(9)12/h1-8,11,14-15H. The van der Waals surface area contributed by atoms with Gasteiger partial charge < -0.3 is 10.4 Å². The average Bonchev–Trinajstić information content (AvgIpc) is 2.29. The second-order valence-electron chi connectivity index (χ2n) is 3.73. The van der Waals surface area contributed by atoms with Gasteiger partial charge in [0.25, 0.3) is 0 Å². The number of benzene rings is 1. The number of fused-ring (bicyclic) bond motifs is 2. The number of aromatic hydroxyl groups is 1. The van der Waals surface area contributed by atoms with Gasteiger partial charge in [0.1, 0.15) is 5.75 Å². The zero-order valence-corrected chi connectivity index (χ0v) is 8.14. The highest BCUT2D eigenvalue weighted by molar-refractivity contribution is 5.70. The van der Waals surface area contributed by atoms with Crippen LogP contribution in [0.5, 0.6) is 5.75 Å². The molecule has 0 spiro atoms. The Hall–Kier alpha value is -1.96. The smallest absolute Gasteiger partial charge is 0.123 e. The fourth-order valence-electron chi connectivity index (χ4n) is 2.10. The summed E-state index contributed by atoms with van der Waals surface area (Å²) in [4.78, 5) is 0. The molecule has 15 heavy (non-hydrogen) atoms. The van der Waals surface area contributed by atoms with E-state index < -0.39 is 0 Å². The highest BCUT2D eigenvalue weighted by atomic mass is 16.3. The van der Waals surface area contributed by atoms with Gasteiger partial charge in [0.05, 0.1) is 6.04 Å². The normalized spacial score (nSPS) is 21.3. The second-order valence-corrected chi connectivity index (χ2v) is 3.73. The van der Waals surface area contributed by atoms with E-state index in [-0.39, 0.29) is 6.04 Å². The van der Waals surface area contributed by atoms with E-state index in [1.165, 1.54) is 0 Å². The van der Waals surface area contributed by atoms with Gasteiger partial charge in [-0.15, -0.1) is 0 Å². The minimum absolute atomic E-state index is 0.191. The Bertz CT molecular complexity index is 581. The van der Waals surface area contributed by atoms with Gasteiger partial charge in [-0.3, -0.25) is 0 Å².